The number of rotatable bonds is 3. The second-order valence-electron chi connectivity index (χ2n) is 7.44. The van der Waals surface area contributed by atoms with Gasteiger partial charge in [0.1, 0.15) is 5.75 Å². The van der Waals surface area contributed by atoms with E-state index in [9.17, 15) is 5.11 Å². The summed E-state index contributed by atoms with van der Waals surface area (Å²) in [4.78, 5) is 2.62. The Morgan fingerprint density at radius 3 is 2.95 bits per heavy atom. The quantitative estimate of drug-likeness (QED) is 0.831. The third-order valence-corrected chi connectivity index (χ3v) is 5.74. The van der Waals surface area contributed by atoms with Crippen LogP contribution in [-0.4, -0.2) is 29.6 Å². The Morgan fingerprint density at radius 2 is 2.18 bits per heavy atom. The Kier molecular flexibility index (Phi) is 4.58. The summed E-state index contributed by atoms with van der Waals surface area (Å²) in [6.45, 7) is 7.84. The van der Waals surface area contributed by atoms with Crippen molar-refractivity contribution in [1.82, 2.24) is 4.90 Å². The largest absolute Gasteiger partial charge is 0.508 e. The van der Waals surface area contributed by atoms with Crippen LogP contribution in [0.3, 0.4) is 0 Å². The second kappa shape index (κ2) is 6.45. The molecule has 0 bridgehead atoms. The minimum absolute atomic E-state index is 0.304. The lowest BCUT2D eigenvalue weighted by Gasteiger charge is -2.51. The van der Waals surface area contributed by atoms with Crippen molar-refractivity contribution in [2.24, 2.45) is 5.92 Å². The summed E-state index contributed by atoms with van der Waals surface area (Å²) in [5, 5.41) is 9.91. The molecule has 1 saturated heterocycles. The van der Waals surface area contributed by atoms with Crippen LogP contribution in [0.25, 0.3) is 0 Å². The third kappa shape index (κ3) is 3.08. The van der Waals surface area contributed by atoms with Crippen LogP contribution in [0.4, 0.5) is 0 Å². The fourth-order valence-corrected chi connectivity index (χ4v) is 4.48. The van der Waals surface area contributed by atoms with Gasteiger partial charge in [0.05, 0.1) is 0 Å². The predicted molar refractivity (Wildman–Crippen MR) is 92.2 cm³/mol. The highest BCUT2D eigenvalue weighted by Crippen LogP contribution is 2.49. The number of piperidine rings is 1. The molecule has 22 heavy (non-hydrogen) atoms. The van der Waals surface area contributed by atoms with Gasteiger partial charge >= 0.3 is 0 Å². The lowest BCUT2D eigenvalue weighted by Crippen LogP contribution is -2.51. The highest BCUT2D eigenvalue weighted by molar-refractivity contribution is 5.35. The van der Waals surface area contributed by atoms with E-state index in [2.05, 4.69) is 30.9 Å². The van der Waals surface area contributed by atoms with Crippen LogP contribution >= 0.6 is 0 Å². The predicted octanol–water partition coefficient (Wildman–Crippen LogP) is 4.49. The molecule has 2 heteroatoms. The smallest absolute Gasteiger partial charge is 0.115 e. The number of nitrogens with zero attached hydrogens (tertiary/aromatic N) is 1. The van der Waals surface area contributed by atoms with Crippen LogP contribution in [0.5, 0.6) is 5.75 Å². The molecule has 1 aliphatic carbocycles. The first-order valence-corrected chi connectivity index (χ1v) is 8.75. The van der Waals surface area contributed by atoms with E-state index in [4.69, 9.17) is 0 Å². The average molecular weight is 299 g/mol. The Morgan fingerprint density at radius 1 is 1.32 bits per heavy atom. The Balaban J connectivity index is 1.82. The van der Waals surface area contributed by atoms with Crippen LogP contribution in [0.1, 0.15) is 51.5 Å². The first-order chi connectivity index (χ1) is 10.6. The molecule has 2 aliphatic rings. The van der Waals surface area contributed by atoms with E-state index in [-0.39, 0.29) is 0 Å². The fraction of sp³-hybridized carbons (Fsp3) is 0.600. The van der Waals surface area contributed by atoms with Gasteiger partial charge in [-0.3, -0.25) is 4.90 Å². The molecule has 120 valence electrons. The molecule has 0 unspecified atom stereocenters. The lowest BCUT2D eigenvalue weighted by molar-refractivity contribution is 0.0626. The van der Waals surface area contributed by atoms with Crippen molar-refractivity contribution in [2.45, 2.75) is 51.4 Å². The van der Waals surface area contributed by atoms with Gasteiger partial charge in [0.25, 0.3) is 0 Å². The van der Waals surface area contributed by atoms with Gasteiger partial charge in [-0.15, -0.1) is 0 Å². The van der Waals surface area contributed by atoms with Crippen molar-refractivity contribution < 1.29 is 5.11 Å². The fourth-order valence-electron chi connectivity index (χ4n) is 4.48. The van der Waals surface area contributed by atoms with Crippen molar-refractivity contribution in [3.8, 4) is 5.75 Å². The molecule has 3 rings (SSSR count). The number of benzene rings is 1. The normalized spacial score (nSPS) is 28.9. The molecule has 2 atom stereocenters. The van der Waals surface area contributed by atoms with Gasteiger partial charge in [-0.2, -0.15) is 0 Å². The first kappa shape index (κ1) is 15.6. The summed E-state index contributed by atoms with van der Waals surface area (Å²) < 4.78 is 0. The molecule has 2 fully saturated rings. The van der Waals surface area contributed by atoms with Crippen molar-refractivity contribution >= 4 is 0 Å². The number of likely N-dealkylation sites (tertiary alicyclic amines) is 1. The van der Waals surface area contributed by atoms with Gasteiger partial charge in [0.15, 0.2) is 0 Å². The topological polar surface area (TPSA) is 23.5 Å². The number of hydrogen-bond donors (Lipinski definition) is 1. The molecule has 0 spiro atoms. The molecular weight excluding hydrogens is 270 g/mol. The highest BCUT2D eigenvalue weighted by Gasteiger charge is 2.45. The van der Waals surface area contributed by atoms with Crippen LogP contribution in [0.2, 0.25) is 0 Å². The van der Waals surface area contributed by atoms with E-state index in [1.807, 2.05) is 12.1 Å². The summed E-state index contributed by atoms with van der Waals surface area (Å²) in [5.41, 5.74) is 3.09. The monoisotopic (exact) mass is 299 g/mol. The Hall–Kier alpha value is -1.28. The van der Waals surface area contributed by atoms with Gasteiger partial charge in [0.2, 0.25) is 0 Å². The summed E-state index contributed by atoms with van der Waals surface area (Å²) in [5.74, 6) is 1.16. The SMILES string of the molecule is CC(C)=CCN1CC[C@@]2(c3cccc(O)c3)CCCC[C@H]2C1. The van der Waals surface area contributed by atoms with Crippen molar-refractivity contribution in [1.29, 1.82) is 0 Å². The average Bonchev–Trinajstić information content (AvgIpc) is 2.52. The number of hydrogen-bond acceptors (Lipinski definition) is 2. The minimum Gasteiger partial charge on any atom is -0.508 e. The zero-order chi connectivity index (χ0) is 15.6. The number of fused-ring (bicyclic) bond motifs is 1. The second-order valence-corrected chi connectivity index (χ2v) is 7.44. The van der Waals surface area contributed by atoms with E-state index in [0.717, 1.165) is 12.5 Å². The number of phenols is 1. The molecule has 2 nitrogen and oxygen atoms in total. The van der Waals surface area contributed by atoms with Gasteiger partial charge < -0.3 is 5.11 Å². The molecule has 0 amide bonds. The zero-order valence-electron chi connectivity index (χ0n) is 14.0. The maximum atomic E-state index is 9.91. The molecule has 0 aromatic heterocycles. The maximum absolute atomic E-state index is 9.91. The van der Waals surface area contributed by atoms with E-state index < -0.39 is 0 Å². The van der Waals surface area contributed by atoms with E-state index in [0.29, 0.717) is 11.2 Å². The third-order valence-electron chi connectivity index (χ3n) is 5.74. The summed E-state index contributed by atoms with van der Waals surface area (Å²) in [6, 6.07) is 8.07. The molecule has 1 aromatic carbocycles. The molecule has 1 heterocycles. The molecule has 1 N–H and O–H groups in total. The van der Waals surface area contributed by atoms with E-state index >= 15 is 0 Å². The van der Waals surface area contributed by atoms with Gasteiger partial charge in [-0.05, 0) is 63.3 Å². The molecule has 0 radical (unpaired) electrons. The summed E-state index contributed by atoms with van der Waals surface area (Å²) >= 11 is 0. The van der Waals surface area contributed by atoms with E-state index in [1.54, 1.807) is 6.07 Å². The van der Waals surface area contributed by atoms with Gasteiger partial charge in [0, 0.05) is 18.5 Å². The zero-order valence-corrected chi connectivity index (χ0v) is 14.0. The number of aromatic hydroxyl groups is 1. The van der Waals surface area contributed by atoms with Crippen molar-refractivity contribution in [3.63, 3.8) is 0 Å². The van der Waals surface area contributed by atoms with Crippen LogP contribution in [0, 0.1) is 5.92 Å². The Labute approximate surface area is 134 Å². The first-order valence-electron chi connectivity index (χ1n) is 8.75. The summed E-state index contributed by atoms with van der Waals surface area (Å²) in [7, 11) is 0. The lowest BCUT2D eigenvalue weighted by atomic mass is 9.59. The van der Waals surface area contributed by atoms with E-state index in [1.165, 1.54) is 56.3 Å². The number of phenolic OH excluding ortho intramolecular Hbond substituents is 1. The van der Waals surface area contributed by atoms with Crippen molar-refractivity contribution in [2.75, 3.05) is 19.6 Å². The molecule has 1 saturated carbocycles. The minimum atomic E-state index is 0.304. The standard InChI is InChI=1S/C20H29NO/c1-16(2)9-12-21-13-11-20(10-4-3-6-18(20)15-21)17-7-5-8-19(22)14-17/h5,7-9,14,18,22H,3-4,6,10-13,15H2,1-2H3/t18-,20+/m0/s1. The number of allylic oxidation sites excluding steroid dienone is 1. The molecule has 1 aromatic rings. The Bertz CT molecular complexity index is 546. The van der Waals surface area contributed by atoms with Crippen LogP contribution in [0.15, 0.2) is 35.9 Å². The maximum Gasteiger partial charge on any atom is 0.115 e. The van der Waals surface area contributed by atoms with Gasteiger partial charge in [-0.1, -0.05) is 36.6 Å². The molecule has 1 aliphatic heterocycles. The van der Waals surface area contributed by atoms with Gasteiger partial charge in [-0.25, -0.2) is 0 Å². The van der Waals surface area contributed by atoms with Crippen LogP contribution in [-0.2, 0) is 5.41 Å². The van der Waals surface area contributed by atoms with Crippen LogP contribution < -0.4 is 0 Å². The highest BCUT2D eigenvalue weighted by atomic mass is 16.3. The summed E-state index contributed by atoms with van der Waals surface area (Å²) in [6.07, 6.45) is 8.91. The molecular formula is C20H29NO. The van der Waals surface area contributed by atoms with Crippen molar-refractivity contribution in [3.05, 3.63) is 41.5 Å².